The van der Waals surface area contributed by atoms with E-state index >= 15 is 0 Å². The number of hydrogen-bond acceptors (Lipinski definition) is 2. The number of nitrogens with one attached hydrogen (secondary N) is 1. The molecule has 2 atom stereocenters. The molecule has 0 aliphatic carbocycles. The Kier molecular flexibility index (Phi) is 5.97. The summed E-state index contributed by atoms with van der Waals surface area (Å²) < 4.78 is 0. The number of aliphatic carboxylic acids is 1. The van der Waals surface area contributed by atoms with E-state index in [1.54, 1.807) is 6.08 Å². The zero-order chi connectivity index (χ0) is 15.1. The van der Waals surface area contributed by atoms with Crippen LogP contribution in [-0.4, -0.2) is 23.0 Å². The largest absolute Gasteiger partial charge is 0.480 e. The van der Waals surface area contributed by atoms with Crippen LogP contribution in [0.4, 0.5) is 0 Å². The average molecular weight is 275 g/mol. The molecule has 0 spiro atoms. The van der Waals surface area contributed by atoms with Gasteiger partial charge in [0.15, 0.2) is 0 Å². The third kappa shape index (κ3) is 4.88. The first-order valence-corrected chi connectivity index (χ1v) is 6.72. The monoisotopic (exact) mass is 275 g/mol. The number of carbonyl (C=O) groups excluding carboxylic acids is 1. The second kappa shape index (κ2) is 7.48. The highest BCUT2D eigenvalue weighted by Crippen LogP contribution is 2.08. The van der Waals surface area contributed by atoms with E-state index < -0.39 is 17.9 Å². The molecule has 20 heavy (non-hydrogen) atoms. The van der Waals surface area contributed by atoms with E-state index in [1.165, 1.54) is 6.08 Å². The number of benzene rings is 1. The van der Waals surface area contributed by atoms with Crippen molar-refractivity contribution in [3.63, 3.8) is 0 Å². The summed E-state index contributed by atoms with van der Waals surface area (Å²) >= 11 is 0. The predicted octanol–water partition coefficient (Wildman–Crippen LogP) is 2.62. The molecule has 0 heterocycles. The van der Waals surface area contributed by atoms with Gasteiger partial charge in [0, 0.05) is 6.08 Å². The zero-order valence-electron chi connectivity index (χ0n) is 12.1. The highest BCUT2D eigenvalue weighted by Gasteiger charge is 2.24. The number of hydrogen-bond donors (Lipinski definition) is 2. The fourth-order valence-corrected chi connectivity index (χ4v) is 1.73. The summed E-state index contributed by atoms with van der Waals surface area (Å²) in [6, 6.07) is 6.87. The average Bonchev–Trinajstić information content (AvgIpc) is 2.43. The molecule has 1 aromatic rings. The fourth-order valence-electron chi connectivity index (χ4n) is 1.73. The molecular weight excluding hydrogens is 254 g/mol. The second-order valence-corrected chi connectivity index (χ2v) is 4.95. The summed E-state index contributed by atoms with van der Waals surface area (Å²) in [5.41, 5.74) is 2.05. The summed E-state index contributed by atoms with van der Waals surface area (Å²) in [5.74, 6) is -1.50. The van der Waals surface area contributed by atoms with Crippen LogP contribution in [-0.2, 0) is 9.59 Å². The maximum absolute atomic E-state index is 11.8. The van der Waals surface area contributed by atoms with Gasteiger partial charge in [0.05, 0.1) is 0 Å². The second-order valence-electron chi connectivity index (χ2n) is 4.95. The smallest absolute Gasteiger partial charge is 0.326 e. The Labute approximate surface area is 119 Å². The van der Waals surface area contributed by atoms with Crippen LogP contribution in [0, 0.1) is 12.8 Å². The summed E-state index contributed by atoms with van der Waals surface area (Å²) in [5, 5.41) is 11.6. The molecule has 0 aliphatic heterocycles. The molecule has 4 heteroatoms. The fraction of sp³-hybridized carbons (Fsp3) is 0.375. The molecule has 1 amide bonds. The van der Waals surface area contributed by atoms with Gasteiger partial charge in [-0.15, -0.1) is 0 Å². The lowest BCUT2D eigenvalue weighted by molar-refractivity contribution is -0.142. The van der Waals surface area contributed by atoms with Crippen molar-refractivity contribution in [3.8, 4) is 0 Å². The first-order valence-electron chi connectivity index (χ1n) is 6.72. The summed E-state index contributed by atoms with van der Waals surface area (Å²) in [6.07, 6.45) is 3.73. The molecule has 0 radical (unpaired) electrons. The Morgan fingerprint density at radius 2 is 1.90 bits per heavy atom. The minimum atomic E-state index is -1.00. The van der Waals surface area contributed by atoms with Gasteiger partial charge in [0.1, 0.15) is 6.04 Å². The number of aryl methyl sites for hydroxylation is 1. The van der Waals surface area contributed by atoms with Crippen LogP contribution in [0.5, 0.6) is 0 Å². The van der Waals surface area contributed by atoms with Crippen molar-refractivity contribution in [3.05, 3.63) is 41.5 Å². The van der Waals surface area contributed by atoms with Gasteiger partial charge in [-0.1, -0.05) is 50.1 Å². The van der Waals surface area contributed by atoms with E-state index in [1.807, 2.05) is 45.0 Å². The van der Waals surface area contributed by atoms with Crippen molar-refractivity contribution >= 4 is 18.0 Å². The first kappa shape index (κ1) is 16.0. The highest BCUT2D eigenvalue weighted by atomic mass is 16.4. The van der Waals surface area contributed by atoms with Crippen LogP contribution in [0.15, 0.2) is 30.3 Å². The molecule has 0 saturated carbocycles. The van der Waals surface area contributed by atoms with Crippen molar-refractivity contribution < 1.29 is 14.7 Å². The van der Waals surface area contributed by atoms with Crippen LogP contribution in [0.3, 0.4) is 0 Å². The van der Waals surface area contributed by atoms with Gasteiger partial charge < -0.3 is 10.4 Å². The standard InChI is InChI=1S/C16H21NO3/c1-4-12(3)15(16(19)20)17-14(18)10-9-13-7-5-11(2)6-8-13/h5-10,12,15H,4H2,1-3H3,(H,17,18)(H,19,20)/t12?,15-/m0/s1. The molecule has 108 valence electrons. The van der Waals surface area contributed by atoms with Crippen LogP contribution >= 0.6 is 0 Å². The Bertz CT molecular complexity index is 491. The third-order valence-electron chi connectivity index (χ3n) is 3.28. The van der Waals surface area contributed by atoms with Gasteiger partial charge in [-0.3, -0.25) is 4.79 Å². The van der Waals surface area contributed by atoms with Crippen molar-refractivity contribution in [2.24, 2.45) is 5.92 Å². The Hall–Kier alpha value is -2.10. The van der Waals surface area contributed by atoms with Crippen LogP contribution in [0.1, 0.15) is 31.4 Å². The lowest BCUT2D eigenvalue weighted by Crippen LogP contribution is -2.44. The summed E-state index contributed by atoms with van der Waals surface area (Å²) in [7, 11) is 0. The molecule has 1 rings (SSSR count). The number of carbonyl (C=O) groups is 2. The SMILES string of the molecule is CCC(C)[C@H](NC(=O)C=Cc1ccc(C)cc1)C(=O)O. The quantitative estimate of drug-likeness (QED) is 0.784. The molecule has 0 bridgehead atoms. The summed E-state index contributed by atoms with van der Waals surface area (Å²) in [4.78, 5) is 22.9. The normalized spacial score (nSPS) is 13.9. The minimum Gasteiger partial charge on any atom is -0.480 e. The maximum Gasteiger partial charge on any atom is 0.326 e. The van der Waals surface area contributed by atoms with Gasteiger partial charge in [-0.2, -0.15) is 0 Å². The molecule has 0 saturated heterocycles. The lowest BCUT2D eigenvalue weighted by Gasteiger charge is -2.19. The van der Waals surface area contributed by atoms with E-state index in [2.05, 4.69) is 5.32 Å². The Morgan fingerprint density at radius 3 is 2.40 bits per heavy atom. The highest BCUT2D eigenvalue weighted by molar-refractivity contribution is 5.94. The molecule has 4 nitrogen and oxygen atoms in total. The van der Waals surface area contributed by atoms with Crippen LogP contribution in [0.25, 0.3) is 6.08 Å². The molecule has 0 aliphatic rings. The van der Waals surface area contributed by atoms with Crippen molar-refractivity contribution in [1.82, 2.24) is 5.32 Å². The molecule has 1 aromatic carbocycles. The van der Waals surface area contributed by atoms with Crippen molar-refractivity contribution in [2.75, 3.05) is 0 Å². The van der Waals surface area contributed by atoms with Crippen molar-refractivity contribution in [2.45, 2.75) is 33.2 Å². The molecule has 1 unspecified atom stereocenters. The molecule has 0 fully saturated rings. The lowest BCUT2D eigenvalue weighted by atomic mass is 9.99. The van der Waals surface area contributed by atoms with Gasteiger partial charge in [0.2, 0.25) is 5.91 Å². The number of rotatable bonds is 6. The van der Waals surface area contributed by atoms with Crippen LogP contribution in [0.2, 0.25) is 0 Å². The van der Waals surface area contributed by atoms with Crippen LogP contribution < -0.4 is 5.32 Å². The molecule has 0 aromatic heterocycles. The first-order chi connectivity index (χ1) is 9.43. The van der Waals surface area contributed by atoms with E-state index in [-0.39, 0.29) is 5.92 Å². The molecular formula is C16H21NO3. The maximum atomic E-state index is 11.8. The Balaban J connectivity index is 2.66. The number of carboxylic acid groups (broad SMARTS) is 1. The van der Waals surface area contributed by atoms with Gasteiger partial charge >= 0.3 is 5.97 Å². The Morgan fingerprint density at radius 1 is 1.30 bits per heavy atom. The topological polar surface area (TPSA) is 66.4 Å². The van der Waals surface area contributed by atoms with E-state index in [0.29, 0.717) is 6.42 Å². The summed E-state index contributed by atoms with van der Waals surface area (Å²) in [6.45, 7) is 5.70. The van der Waals surface area contributed by atoms with Gasteiger partial charge in [0.25, 0.3) is 0 Å². The van der Waals surface area contributed by atoms with Crippen molar-refractivity contribution in [1.29, 1.82) is 0 Å². The number of carboxylic acids is 1. The minimum absolute atomic E-state index is 0.107. The van der Waals surface area contributed by atoms with E-state index in [4.69, 9.17) is 5.11 Å². The van der Waals surface area contributed by atoms with E-state index in [0.717, 1.165) is 11.1 Å². The zero-order valence-corrected chi connectivity index (χ0v) is 12.1. The predicted molar refractivity (Wildman–Crippen MR) is 79.2 cm³/mol. The third-order valence-corrected chi connectivity index (χ3v) is 3.28. The van der Waals surface area contributed by atoms with E-state index in [9.17, 15) is 9.59 Å². The molecule has 2 N–H and O–H groups in total. The van der Waals surface area contributed by atoms with Gasteiger partial charge in [-0.05, 0) is 24.5 Å². The van der Waals surface area contributed by atoms with Gasteiger partial charge in [-0.25, -0.2) is 4.79 Å². The number of amides is 1.